The van der Waals surface area contributed by atoms with Crippen LogP contribution in [0.4, 0.5) is 5.69 Å². The number of fused-ring (bicyclic) bond motifs is 1. The van der Waals surface area contributed by atoms with Gasteiger partial charge >= 0.3 is 0 Å². The van der Waals surface area contributed by atoms with Crippen LogP contribution in [0.1, 0.15) is 5.69 Å². The van der Waals surface area contributed by atoms with Gasteiger partial charge in [0.15, 0.2) is 5.75 Å². The highest BCUT2D eigenvalue weighted by Gasteiger charge is 2.12. The van der Waals surface area contributed by atoms with Crippen LogP contribution < -0.4 is 15.2 Å². The molecule has 0 aliphatic heterocycles. The minimum atomic E-state index is 0.553. The fourth-order valence-electron chi connectivity index (χ4n) is 1.74. The molecule has 4 heteroatoms. The van der Waals surface area contributed by atoms with Gasteiger partial charge in [-0.2, -0.15) is 0 Å². The van der Waals surface area contributed by atoms with E-state index in [4.69, 9.17) is 15.2 Å². The van der Waals surface area contributed by atoms with Crippen LogP contribution in [0.2, 0.25) is 0 Å². The van der Waals surface area contributed by atoms with E-state index in [2.05, 4.69) is 4.98 Å². The van der Waals surface area contributed by atoms with Crippen molar-refractivity contribution >= 4 is 16.6 Å². The lowest BCUT2D eigenvalue weighted by molar-refractivity contribution is 0.411. The number of benzene rings is 1. The van der Waals surface area contributed by atoms with E-state index in [0.717, 1.165) is 16.6 Å². The fourth-order valence-corrected chi connectivity index (χ4v) is 1.74. The Hall–Kier alpha value is -1.97. The summed E-state index contributed by atoms with van der Waals surface area (Å²) in [5, 5.41) is 0.866. The van der Waals surface area contributed by atoms with Crippen LogP contribution in [-0.2, 0) is 0 Å². The Morgan fingerprint density at radius 1 is 1.19 bits per heavy atom. The molecule has 0 saturated heterocycles. The van der Waals surface area contributed by atoms with Crippen LogP contribution in [0.15, 0.2) is 18.2 Å². The van der Waals surface area contributed by atoms with Gasteiger partial charge in [-0.25, -0.2) is 4.98 Å². The zero-order chi connectivity index (χ0) is 11.7. The Morgan fingerprint density at radius 2 is 1.94 bits per heavy atom. The number of nitrogens with zero attached hydrogens (tertiary/aromatic N) is 1. The van der Waals surface area contributed by atoms with E-state index < -0.39 is 0 Å². The van der Waals surface area contributed by atoms with E-state index in [1.807, 2.05) is 19.1 Å². The van der Waals surface area contributed by atoms with Gasteiger partial charge in [0.2, 0.25) is 0 Å². The van der Waals surface area contributed by atoms with E-state index in [9.17, 15) is 0 Å². The predicted molar refractivity (Wildman–Crippen MR) is 64.0 cm³/mol. The molecule has 0 unspecified atom stereocenters. The zero-order valence-corrected chi connectivity index (χ0v) is 9.57. The average molecular weight is 218 g/mol. The number of nitrogen functional groups attached to an aromatic ring is 1. The highest BCUT2D eigenvalue weighted by atomic mass is 16.5. The number of aryl methyl sites for hydroxylation is 1. The number of hydrogen-bond donors (Lipinski definition) is 1. The molecular weight excluding hydrogens is 204 g/mol. The number of ether oxygens (including phenoxy) is 2. The lowest BCUT2D eigenvalue weighted by Crippen LogP contribution is -1.97. The number of pyridine rings is 1. The van der Waals surface area contributed by atoms with Crippen molar-refractivity contribution in [1.82, 2.24) is 4.98 Å². The van der Waals surface area contributed by atoms with Crippen LogP contribution in [-0.4, -0.2) is 19.2 Å². The summed E-state index contributed by atoms with van der Waals surface area (Å²) in [6.07, 6.45) is 0. The molecule has 1 heterocycles. The van der Waals surface area contributed by atoms with Gasteiger partial charge in [0.25, 0.3) is 0 Å². The lowest BCUT2D eigenvalue weighted by atomic mass is 10.1. The van der Waals surface area contributed by atoms with Crippen LogP contribution in [0.25, 0.3) is 10.9 Å². The van der Waals surface area contributed by atoms with Gasteiger partial charge in [-0.1, -0.05) is 0 Å². The van der Waals surface area contributed by atoms with Crippen molar-refractivity contribution in [3.63, 3.8) is 0 Å². The summed E-state index contributed by atoms with van der Waals surface area (Å²) in [5.41, 5.74) is 8.13. The van der Waals surface area contributed by atoms with Gasteiger partial charge in [0.05, 0.1) is 19.9 Å². The summed E-state index contributed by atoms with van der Waals surface area (Å²) >= 11 is 0. The second-order valence-corrected chi connectivity index (χ2v) is 3.55. The van der Waals surface area contributed by atoms with Crippen molar-refractivity contribution in [2.75, 3.05) is 20.0 Å². The molecular formula is C12H14N2O2. The average Bonchev–Trinajstić information content (AvgIpc) is 2.28. The Kier molecular flexibility index (Phi) is 2.56. The minimum absolute atomic E-state index is 0.553. The molecule has 0 aliphatic carbocycles. The number of nitrogens with two attached hydrogens (primary N) is 1. The van der Waals surface area contributed by atoms with Gasteiger partial charge in [0.1, 0.15) is 11.3 Å². The number of aromatic nitrogens is 1. The third-order valence-corrected chi connectivity index (χ3v) is 2.49. The first-order valence-electron chi connectivity index (χ1n) is 4.95. The quantitative estimate of drug-likeness (QED) is 0.784. The number of rotatable bonds is 2. The van der Waals surface area contributed by atoms with E-state index >= 15 is 0 Å². The van der Waals surface area contributed by atoms with Crippen LogP contribution in [0.3, 0.4) is 0 Å². The normalized spacial score (nSPS) is 10.4. The number of hydrogen-bond acceptors (Lipinski definition) is 4. The van der Waals surface area contributed by atoms with Crippen molar-refractivity contribution in [2.45, 2.75) is 6.92 Å². The Morgan fingerprint density at radius 3 is 2.56 bits per heavy atom. The molecule has 0 fully saturated rings. The highest BCUT2D eigenvalue weighted by Crippen LogP contribution is 2.37. The molecule has 0 radical (unpaired) electrons. The van der Waals surface area contributed by atoms with Gasteiger partial charge in [-0.15, -0.1) is 0 Å². The summed E-state index contributed by atoms with van der Waals surface area (Å²) in [5.74, 6) is 1.31. The Labute approximate surface area is 94.0 Å². The standard InChI is InChI=1S/C12H14N2O2/c1-7-4-5-8-11(14-7)10(15-2)6-9(13)12(8)16-3/h4-6H,13H2,1-3H3. The van der Waals surface area contributed by atoms with Gasteiger partial charge in [-0.05, 0) is 19.1 Å². The molecule has 0 spiro atoms. The molecule has 1 aromatic carbocycles. The number of anilines is 1. The summed E-state index contributed by atoms with van der Waals surface area (Å²) < 4.78 is 10.5. The van der Waals surface area contributed by atoms with E-state index in [-0.39, 0.29) is 0 Å². The molecule has 2 aromatic rings. The second-order valence-electron chi connectivity index (χ2n) is 3.55. The third kappa shape index (κ3) is 1.52. The van der Waals surface area contributed by atoms with Gasteiger partial charge < -0.3 is 15.2 Å². The maximum Gasteiger partial charge on any atom is 0.151 e. The third-order valence-electron chi connectivity index (χ3n) is 2.49. The van der Waals surface area contributed by atoms with Crippen LogP contribution in [0.5, 0.6) is 11.5 Å². The smallest absolute Gasteiger partial charge is 0.151 e. The van der Waals surface area contributed by atoms with E-state index in [1.165, 1.54) is 0 Å². The molecule has 0 aliphatic rings. The monoisotopic (exact) mass is 218 g/mol. The first-order chi connectivity index (χ1) is 7.67. The SMILES string of the molecule is COc1c(N)cc(OC)c2nc(C)ccc12. The Balaban J connectivity index is 2.87. The maximum atomic E-state index is 5.88. The van der Waals surface area contributed by atoms with Crippen molar-refractivity contribution in [3.8, 4) is 11.5 Å². The summed E-state index contributed by atoms with van der Waals surface area (Å²) in [4.78, 5) is 4.44. The fraction of sp³-hybridized carbons (Fsp3) is 0.250. The molecule has 2 N–H and O–H groups in total. The minimum Gasteiger partial charge on any atom is -0.494 e. The topological polar surface area (TPSA) is 57.4 Å². The summed E-state index contributed by atoms with van der Waals surface area (Å²) in [6, 6.07) is 5.59. The Bertz CT molecular complexity index is 538. The highest BCUT2D eigenvalue weighted by molar-refractivity contribution is 5.95. The molecule has 4 nitrogen and oxygen atoms in total. The molecule has 0 atom stereocenters. The van der Waals surface area contributed by atoms with Crippen molar-refractivity contribution < 1.29 is 9.47 Å². The predicted octanol–water partition coefficient (Wildman–Crippen LogP) is 2.14. The summed E-state index contributed by atoms with van der Waals surface area (Å²) in [6.45, 7) is 1.93. The first-order valence-corrected chi connectivity index (χ1v) is 4.95. The van der Waals surface area contributed by atoms with Crippen LogP contribution in [0, 0.1) is 6.92 Å². The summed E-state index contributed by atoms with van der Waals surface area (Å²) in [7, 11) is 3.20. The molecule has 2 rings (SSSR count). The molecule has 16 heavy (non-hydrogen) atoms. The van der Waals surface area contributed by atoms with Gasteiger partial charge in [0, 0.05) is 17.1 Å². The van der Waals surface area contributed by atoms with Crippen molar-refractivity contribution in [2.24, 2.45) is 0 Å². The molecule has 0 amide bonds. The largest absolute Gasteiger partial charge is 0.494 e. The zero-order valence-electron chi connectivity index (χ0n) is 9.57. The van der Waals surface area contributed by atoms with Crippen molar-refractivity contribution in [3.05, 3.63) is 23.9 Å². The lowest BCUT2D eigenvalue weighted by Gasteiger charge is -2.12. The molecule has 0 bridgehead atoms. The van der Waals surface area contributed by atoms with Crippen LogP contribution >= 0.6 is 0 Å². The van der Waals surface area contributed by atoms with E-state index in [1.54, 1.807) is 20.3 Å². The van der Waals surface area contributed by atoms with E-state index in [0.29, 0.717) is 17.2 Å². The second kappa shape index (κ2) is 3.89. The molecule has 84 valence electrons. The first kappa shape index (κ1) is 10.5. The number of methoxy groups -OCH3 is 2. The van der Waals surface area contributed by atoms with Gasteiger partial charge in [-0.3, -0.25) is 0 Å². The van der Waals surface area contributed by atoms with Crippen molar-refractivity contribution in [1.29, 1.82) is 0 Å². The molecule has 1 aromatic heterocycles. The molecule has 0 saturated carbocycles. The maximum absolute atomic E-state index is 5.88.